The molecule has 3 heteroatoms. The lowest BCUT2D eigenvalue weighted by atomic mass is 9.83. The van der Waals surface area contributed by atoms with Crippen molar-refractivity contribution in [3.8, 4) is 5.75 Å². The summed E-state index contributed by atoms with van der Waals surface area (Å²) in [5.41, 5.74) is 1.79. The highest BCUT2D eigenvalue weighted by molar-refractivity contribution is 5.98. The second-order valence-electron chi connectivity index (χ2n) is 5.00. The van der Waals surface area contributed by atoms with E-state index in [9.17, 15) is 4.79 Å². The minimum atomic E-state index is 0.0894. The zero-order valence-electron chi connectivity index (χ0n) is 11.2. The summed E-state index contributed by atoms with van der Waals surface area (Å²) in [6.07, 6.45) is 0.824. The van der Waals surface area contributed by atoms with Crippen LogP contribution in [0.1, 0.15) is 29.3 Å². The Morgan fingerprint density at radius 1 is 1.44 bits per heavy atom. The lowest BCUT2D eigenvalue weighted by Crippen LogP contribution is -2.31. The number of carbonyl (C=O) groups excluding carboxylic acids is 1. The fourth-order valence-corrected chi connectivity index (χ4v) is 2.52. The highest BCUT2D eigenvalue weighted by atomic mass is 16.5. The third-order valence-electron chi connectivity index (χ3n) is 3.66. The highest BCUT2D eigenvalue weighted by Crippen LogP contribution is 2.27. The first-order valence-electron chi connectivity index (χ1n) is 6.40. The van der Waals surface area contributed by atoms with E-state index in [1.54, 1.807) is 7.11 Å². The summed E-state index contributed by atoms with van der Waals surface area (Å²) in [5, 5.41) is 0. The molecule has 0 saturated carbocycles. The molecule has 0 radical (unpaired) electrons. The van der Waals surface area contributed by atoms with Crippen molar-refractivity contribution in [1.29, 1.82) is 0 Å². The third kappa shape index (κ3) is 2.56. The van der Waals surface area contributed by atoms with Gasteiger partial charge in [0, 0.05) is 24.7 Å². The number of hydrogen-bond acceptors (Lipinski definition) is 3. The summed E-state index contributed by atoms with van der Waals surface area (Å²) in [7, 11) is 1.64. The molecule has 0 aromatic heterocycles. The normalized spacial score (nSPS) is 23.7. The van der Waals surface area contributed by atoms with Gasteiger partial charge in [0.1, 0.15) is 5.75 Å². The Morgan fingerprint density at radius 3 is 2.83 bits per heavy atom. The van der Waals surface area contributed by atoms with Crippen LogP contribution in [-0.4, -0.2) is 26.1 Å². The molecular formula is C15H20O3. The van der Waals surface area contributed by atoms with Gasteiger partial charge in [0.15, 0.2) is 5.78 Å². The molecule has 2 unspecified atom stereocenters. The van der Waals surface area contributed by atoms with Crippen LogP contribution in [0, 0.1) is 18.8 Å². The van der Waals surface area contributed by atoms with Crippen molar-refractivity contribution in [2.75, 3.05) is 20.3 Å². The Labute approximate surface area is 108 Å². The number of rotatable bonds is 3. The number of ketones is 1. The average Bonchev–Trinajstić information content (AvgIpc) is 2.38. The molecule has 0 bridgehead atoms. The minimum absolute atomic E-state index is 0.0894. The molecule has 1 aliphatic rings. The second-order valence-corrected chi connectivity index (χ2v) is 5.00. The van der Waals surface area contributed by atoms with Crippen molar-refractivity contribution in [1.82, 2.24) is 0 Å². The number of methoxy groups -OCH3 is 1. The van der Waals surface area contributed by atoms with Crippen molar-refractivity contribution >= 4 is 5.78 Å². The summed E-state index contributed by atoms with van der Waals surface area (Å²) < 4.78 is 10.6. The molecule has 1 aromatic rings. The minimum Gasteiger partial charge on any atom is -0.496 e. The Balaban J connectivity index is 2.20. The van der Waals surface area contributed by atoms with Gasteiger partial charge < -0.3 is 9.47 Å². The van der Waals surface area contributed by atoms with Crippen LogP contribution in [0.2, 0.25) is 0 Å². The number of Topliss-reactive ketones (excluding diaryl/α,β-unsaturated/α-hetero) is 1. The van der Waals surface area contributed by atoms with Crippen LogP contribution in [0.3, 0.4) is 0 Å². The van der Waals surface area contributed by atoms with Crippen LogP contribution in [0.5, 0.6) is 5.75 Å². The van der Waals surface area contributed by atoms with E-state index in [2.05, 4.69) is 6.92 Å². The molecule has 18 heavy (non-hydrogen) atoms. The maximum Gasteiger partial charge on any atom is 0.166 e. The van der Waals surface area contributed by atoms with Crippen molar-refractivity contribution in [3.05, 3.63) is 29.3 Å². The molecule has 1 aromatic carbocycles. The molecule has 1 saturated heterocycles. The van der Waals surface area contributed by atoms with Crippen molar-refractivity contribution in [2.24, 2.45) is 11.8 Å². The molecule has 3 nitrogen and oxygen atoms in total. The summed E-state index contributed by atoms with van der Waals surface area (Å²) >= 11 is 0. The second kappa shape index (κ2) is 5.53. The topological polar surface area (TPSA) is 35.5 Å². The van der Waals surface area contributed by atoms with Crippen molar-refractivity contribution < 1.29 is 14.3 Å². The van der Waals surface area contributed by atoms with Crippen molar-refractivity contribution in [3.63, 3.8) is 0 Å². The van der Waals surface area contributed by atoms with Gasteiger partial charge in [-0.25, -0.2) is 0 Å². The Hall–Kier alpha value is -1.35. The van der Waals surface area contributed by atoms with Gasteiger partial charge in [-0.1, -0.05) is 6.92 Å². The summed E-state index contributed by atoms with van der Waals surface area (Å²) in [4.78, 5) is 12.5. The highest BCUT2D eigenvalue weighted by Gasteiger charge is 2.29. The molecule has 0 amide bonds. The molecule has 2 atom stereocenters. The summed E-state index contributed by atoms with van der Waals surface area (Å²) in [5.74, 6) is 1.45. The van der Waals surface area contributed by atoms with Crippen LogP contribution in [0.25, 0.3) is 0 Å². The Morgan fingerprint density at radius 2 is 2.22 bits per heavy atom. The van der Waals surface area contributed by atoms with Crippen LogP contribution in [0.4, 0.5) is 0 Å². The van der Waals surface area contributed by atoms with Gasteiger partial charge in [0.25, 0.3) is 0 Å². The molecule has 2 rings (SSSR count). The van der Waals surface area contributed by atoms with E-state index < -0.39 is 0 Å². The van der Waals surface area contributed by atoms with Gasteiger partial charge in [-0.05, 0) is 43.0 Å². The predicted octanol–water partition coefficient (Wildman–Crippen LogP) is 2.86. The van der Waals surface area contributed by atoms with E-state index in [1.807, 2.05) is 25.1 Å². The first-order chi connectivity index (χ1) is 8.63. The van der Waals surface area contributed by atoms with E-state index in [-0.39, 0.29) is 11.7 Å². The van der Waals surface area contributed by atoms with E-state index in [4.69, 9.17) is 9.47 Å². The SMILES string of the molecule is COc1ccc(C(=O)C2CCOCC2C)cc1C. The lowest BCUT2D eigenvalue weighted by molar-refractivity contribution is 0.0241. The molecule has 0 N–H and O–H groups in total. The van der Waals surface area contributed by atoms with Gasteiger partial charge >= 0.3 is 0 Å². The largest absolute Gasteiger partial charge is 0.496 e. The number of hydrogen-bond donors (Lipinski definition) is 0. The number of ether oxygens (including phenoxy) is 2. The van der Waals surface area contributed by atoms with Gasteiger partial charge in [0.05, 0.1) is 7.11 Å². The third-order valence-corrected chi connectivity index (χ3v) is 3.66. The van der Waals surface area contributed by atoms with Crippen LogP contribution in [-0.2, 0) is 4.74 Å². The van der Waals surface area contributed by atoms with Gasteiger partial charge in [-0.2, -0.15) is 0 Å². The number of benzene rings is 1. The molecule has 0 spiro atoms. The zero-order valence-corrected chi connectivity index (χ0v) is 11.2. The van der Waals surface area contributed by atoms with Crippen molar-refractivity contribution in [2.45, 2.75) is 20.3 Å². The fraction of sp³-hybridized carbons (Fsp3) is 0.533. The first-order valence-corrected chi connectivity index (χ1v) is 6.40. The Bertz CT molecular complexity index is 439. The van der Waals surface area contributed by atoms with E-state index in [0.29, 0.717) is 19.1 Å². The van der Waals surface area contributed by atoms with E-state index >= 15 is 0 Å². The zero-order chi connectivity index (χ0) is 13.1. The van der Waals surface area contributed by atoms with E-state index in [0.717, 1.165) is 23.3 Å². The maximum absolute atomic E-state index is 12.5. The number of carbonyl (C=O) groups is 1. The molecule has 1 heterocycles. The van der Waals surface area contributed by atoms with E-state index in [1.165, 1.54) is 0 Å². The maximum atomic E-state index is 12.5. The summed E-state index contributed by atoms with van der Waals surface area (Å²) in [6.45, 7) is 5.42. The Kier molecular flexibility index (Phi) is 4.02. The number of aryl methyl sites for hydroxylation is 1. The first kappa shape index (κ1) is 13.1. The smallest absolute Gasteiger partial charge is 0.166 e. The van der Waals surface area contributed by atoms with Crippen LogP contribution < -0.4 is 4.74 Å². The molecule has 1 fully saturated rings. The molecular weight excluding hydrogens is 228 g/mol. The summed E-state index contributed by atoms with van der Waals surface area (Å²) in [6, 6.07) is 5.65. The van der Waals surface area contributed by atoms with Gasteiger partial charge in [-0.3, -0.25) is 4.79 Å². The van der Waals surface area contributed by atoms with Gasteiger partial charge in [0.2, 0.25) is 0 Å². The average molecular weight is 248 g/mol. The molecule has 98 valence electrons. The predicted molar refractivity (Wildman–Crippen MR) is 70.2 cm³/mol. The standard InChI is InChI=1S/C15H20O3/c1-10-8-12(4-5-14(10)17-3)15(16)13-6-7-18-9-11(13)2/h4-5,8,11,13H,6-7,9H2,1-3H3. The lowest BCUT2D eigenvalue weighted by Gasteiger charge is -2.27. The monoisotopic (exact) mass is 248 g/mol. The molecule has 1 aliphatic heterocycles. The fourth-order valence-electron chi connectivity index (χ4n) is 2.52. The van der Waals surface area contributed by atoms with Crippen LogP contribution in [0.15, 0.2) is 18.2 Å². The van der Waals surface area contributed by atoms with Gasteiger partial charge in [-0.15, -0.1) is 0 Å². The van der Waals surface area contributed by atoms with Crippen LogP contribution >= 0.6 is 0 Å². The molecule has 0 aliphatic carbocycles. The quantitative estimate of drug-likeness (QED) is 0.772.